The average molecular weight is 899 g/mol. The van der Waals surface area contributed by atoms with Gasteiger partial charge in [0.15, 0.2) is 11.5 Å². The molecule has 1 aromatic carbocycles. The van der Waals surface area contributed by atoms with Crippen molar-refractivity contribution < 1.29 is 52.1 Å². The second-order valence-corrected chi connectivity index (χ2v) is 20.1. The van der Waals surface area contributed by atoms with Crippen molar-refractivity contribution >= 4 is 58.8 Å². The predicted octanol–water partition coefficient (Wildman–Crippen LogP) is 7.36. The molecule has 4 N–H and O–H groups in total. The van der Waals surface area contributed by atoms with Crippen molar-refractivity contribution in [2.75, 3.05) is 31.4 Å². The lowest BCUT2D eigenvalue weighted by Crippen LogP contribution is -2.59. The van der Waals surface area contributed by atoms with Crippen LogP contribution in [0.15, 0.2) is 42.3 Å². The summed E-state index contributed by atoms with van der Waals surface area (Å²) in [6.45, 7) is 16.9. The summed E-state index contributed by atoms with van der Waals surface area (Å²) >= 11 is 1.42. The predicted molar refractivity (Wildman–Crippen MR) is 234 cm³/mol. The fraction of sp³-hybridized carbons (Fsp3) is 0.581. The molecule has 3 aromatic rings. The Morgan fingerprint density at radius 2 is 1.77 bits per heavy atom. The standard InChI is InChI=1S/C43H59N6O11PS/c1-9-26-21-43(26,39(52)53)48-37(50)34-19-29(22-49(34)38(51)36(42(6,7)8)47-41(54)60-27-14-12-13-15-27)59-35-20-32(33-23-62-40(46-33)44-25(4)5)45-31-18-28(16-17-30(31)35)56-24-61(55,57-10-2)58-11-3/h9,16-18,20,23,25-27,29,34,36H,1,10-15,19,21-22,24H2,2-8H3,(H,44,46)(H,47,54)(H,48,50)(H,52,53)/t26-,29-,34+,36-,43-/m1/s1. The number of likely N-dealkylation sites (tertiary alicyclic amines) is 1. The summed E-state index contributed by atoms with van der Waals surface area (Å²) in [5, 5.41) is 22.1. The Hall–Kier alpha value is -4.77. The van der Waals surface area contributed by atoms with Crippen molar-refractivity contribution in [3.05, 3.63) is 42.3 Å². The number of benzene rings is 1. The van der Waals surface area contributed by atoms with Crippen LogP contribution in [-0.2, 0) is 32.7 Å². The third kappa shape index (κ3) is 10.9. The first-order chi connectivity index (χ1) is 29.4. The van der Waals surface area contributed by atoms with Crippen LogP contribution in [0.2, 0.25) is 0 Å². The lowest BCUT2D eigenvalue weighted by atomic mass is 9.85. The number of aromatic nitrogens is 2. The van der Waals surface area contributed by atoms with E-state index in [0.29, 0.717) is 38.9 Å². The largest absolute Gasteiger partial charge is 0.488 e. The van der Waals surface area contributed by atoms with Gasteiger partial charge in [-0.05, 0) is 77.3 Å². The van der Waals surface area contributed by atoms with Gasteiger partial charge in [-0.15, -0.1) is 17.9 Å². The maximum atomic E-state index is 14.7. The van der Waals surface area contributed by atoms with Crippen LogP contribution in [0.3, 0.4) is 0 Å². The number of carboxylic acid groups (broad SMARTS) is 1. The number of carbonyl (C=O) groups is 4. The van der Waals surface area contributed by atoms with E-state index >= 15 is 0 Å². The Kier molecular flexibility index (Phi) is 14.6. The van der Waals surface area contributed by atoms with E-state index in [4.69, 9.17) is 33.2 Å². The molecule has 3 heterocycles. The SMILES string of the molecule is C=C[C@@H]1C[C@]1(NC(=O)[C@@H]1C[C@@H](Oc2cc(-c3csc(NC(C)C)n3)nc3cc(OCP(=O)(OCC)OCC)ccc23)CN1C(=O)[C@@H](NC(=O)OC1CCCC1)C(C)(C)C)C(=O)O. The van der Waals surface area contributed by atoms with Crippen molar-refractivity contribution in [2.24, 2.45) is 11.3 Å². The van der Waals surface area contributed by atoms with Gasteiger partial charge in [0.2, 0.25) is 11.8 Å². The number of nitrogens with zero attached hydrogens (tertiary/aromatic N) is 3. The highest BCUT2D eigenvalue weighted by molar-refractivity contribution is 7.53. The van der Waals surface area contributed by atoms with Crippen molar-refractivity contribution in [1.82, 2.24) is 25.5 Å². The number of alkyl carbamates (subject to hydrolysis) is 1. The molecule has 62 heavy (non-hydrogen) atoms. The molecule has 0 spiro atoms. The molecule has 5 atom stereocenters. The molecular weight excluding hydrogens is 840 g/mol. The van der Waals surface area contributed by atoms with Crippen LogP contribution in [0, 0.1) is 11.3 Å². The first-order valence-corrected chi connectivity index (χ1v) is 23.8. The van der Waals surface area contributed by atoms with Crippen LogP contribution in [0.25, 0.3) is 22.3 Å². The molecule has 2 aromatic heterocycles. The number of pyridine rings is 1. The number of rotatable bonds is 19. The molecule has 2 saturated carbocycles. The lowest BCUT2D eigenvalue weighted by Gasteiger charge is -2.35. The van der Waals surface area contributed by atoms with E-state index < -0.39 is 66.5 Å². The van der Waals surface area contributed by atoms with E-state index in [-0.39, 0.29) is 51.1 Å². The van der Waals surface area contributed by atoms with Crippen molar-refractivity contribution in [1.29, 1.82) is 0 Å². The van der Waals surface area contributed by atoms with Crippen LogP contribution >= 0.6 is 18.9 Å². The molecule has 6 rings (SSSR count). The normalized spacial score (nSPS) is 22.0. The van der Waals surface area contributed by atoms with Crippen LogP contribution < -0.4 is 25.4 Å². The fourth-order valence-corrected chi connectivity index (χ4v) is 10.0. The maximum absolute atomic E-state index is 14.7. The van der Waals surface area contributed by atoms with Gasteiger partial charge in [0.1, 0.15) is 47.0 Å². The van der Waals surface area contributed by atoms with Gasteiger partial charge in [-0.25, -0.2) is 19.6 Å². The minimum atomic E-state index is -3.54. The highest BCUT2D eigenvalue weighted by atomic mass is 32.1. The number of anilines is 1. The second kappa shape index (κ2) is 19.3. The fourth-order valence-electron chi connectivity index (χ4n) is 7.86. The Balaban J connectivity index is 1.34. The molecule has 1 aliphatic heterocycles. The van der Waals surface area contributed by atoms with Crippen molar-refractivity contribution in [3.63, 3.8) is 0 Å². The zero-order chi connectivity index (χ0) is 45.0. The zero-order valence-corrected chi connectivity index (χ0v) is 38.1. The number of hydrogen-bond donors (Lipinski definition) is 4. The Bertz CT molecular complexity index is 2180. The van der Waals surface area contributed by atoms with Gasteiger partial charge in [-0.1, -0.05) is 26.8 Å². The van der Waals surface area contributed by atoms with Gasteiger partial charge < -0.3 is 49.2 Å². The zero-order valence-electron chi connectivity index (χ0n) is 36.4. The van der Waals surface area contributed by atoms with Gasteiger partial charge in [0.25, 0.3) is 0 Å². The second-order valence-electron chi connectivity index (χ2n) is 17.3. The number of hydrogen-bond acceptors (Lipinski definition) is 14. The summed E-state index contributed by atoms with van der Waals surface area (Å²) in [4.78, 5) is 65.6. The molecule has 0 radical (unpaired) electrons. The maximum Gasteiger partial charge on any atom is 0.408 e. The number of nitrogens with one attached hydrogen (secondary N) is 3. The lowest BCUT2D eigenvalue weighted by molar-refractivity contribution is -0.146. The Labute approximate surface area is 366 Å². The monoisotopic (exact) mass is 898 g/mol. The first-order valence-electron chi connectivity index (χ1n) is 21.2. The van der Waals surface area contributed by atoms with E-state index in [2.05, 4.69) is 22.5 Å². The van der Waals surface area contributed by atoms with Gasteiger partial charge in [0.05, 0.1) is 31.0 Å². The van der Waals surface area contributed by atoms with Crippen LogP contribution in [-0.4, -0.2) is 106 Å². The Morgan fingerprint density at radius 1 is 1.06 bits per heavy atom. The quantitative estimate of drug-likeness (QED) is 0.0683. The molecule has 19 heteroatoms. The smallest absolute Gasteiger partial charge is 0.408 e. The van der Waals surface area contributed by atoms with Crippen LogP contribution in [0.1, 0.15) is 87.0 Å². The number of fused-ring (bicyclic) bond motifs is 1. The highest BCUT2D eigenvalue weighted by Crippen LogP contribution is 2.48. The number of ether oxygens (including phenoxy) is 3. The molecule has 0 bridgehead atoms. The topological polar surface area (TPSA) is 217 Å². The molecule has 2 aliphatic carbocycles. The molecule has 0 unspecified atom stereocenters. The van der Waals surface area contributed by atoms with Crippen LogP contribution in [0.4, 0.5) is 9.93 Å². The minimum absolute atomic E-state index is 0.000937. The van der Waals surface area contributed by atoms with Gasteiger partial charge in [-0.2, -0.15) is 0 Å². The number of carbonyl (C=O) groups excluding carboxylic acids is 3. The van der Waals surface area contributed by atoms with Crippen molar-refractivity contribution in [2.45, 2.75) is 123 Å². The molecular formula is C43H59N6O11PS. The summed E-state index contributed by atoms with van der Waals surface area (Å²) < 4.78 is 42.4. The number of carboxylic acids is 1. The third-order valence-corrected chi connectivity index (χ3v) is 13.6. The first kappa shape index (κ1) is 46.7. The number of aliphatic carboxylic acids is 1. The molecule has 338 valence electrons. The highest BCUT2D eigenvalue weighted by Gasteiger charge is 2.61. The van der Waals surface area contributed by atoms with Gasteiger partial charge in [-0.3, -0.25) is 14.2 Å². The van der Waals surface area contributed by atoms with Crippen LogP contribution in [0.5, 0.6) is 11.5 Å². The Morgan fingerprint density at radius 3 is 2.39 bits per heavy atom. The summed E-state index contributed by atoms with van der Waals surface area (Å²) in [5.74, 6) is -2.17. The number of amides is 3. The number of thiazole rings is 1. The summed E-state index contributed by atoms with van der Waals surface area (Å²) in [6.07, 6.45) is 2.98. The molecule has 3 fully saturated rings. The van der Waals surface area contributed by atoms with E-state index in [1.54, 1.807) is 58.9 Å². The van der Waals surface area contributed by atoms with E-state index in [1.807, 2.05) is 19.2 Å². The van der Waals surface area contributed by atoms with E-state index in [9.17, 15) is 28.8 Å². The summed E-state index contributed by atoms with van der Waals surface area (Å²) in [5.41, 5.74) is -0.875. The minimum Gasteiger partial charge on any atom is -0.488 e. The summed E-state index contributed by atoms with van der Waals surface area (Å²) in [7, 11) is -3.54. The average Bonchev–Trinajstić information content (AvgIpc) is 3.61. The molecule has 3 amide bonds. The van der Waals surface area contributed by atoms with Gasteiger partial charge >= 0.3 is 19.7 Å². The van der Waals surface area contributed by atoms with Crippen molar-refractivity contribution in [3.8, 4) is 22.9 Å². The van der Waals surface area contributed by atoms with E-state index in [0.717, 1.165) is 25.7 Å². The summed E-state index contributed by atoms with van der Waals surface area (Å²) in [6, 6.07) is 4.71. The molecule has 17 nitrogen and oxygen atoms in total. The molecule has 1 saturated heterocycles. The molecule has 3 aliphatic rings. The van der Waals surface area contributed by atoms with E-state index in [1.165, 1.54) is 22.3 Å². The van der Waals surface area contributed by atoms with Gasteiger partial charge in [0, 0.05) is 41.3 Å². The third-order valence-electron chi connectivity index (χ3n) is 11.1.